The third-order valence-electron chi connectivity index (χ3n) is 10.9. The molecule has 4 heterocycles. The molecule has 4 aliphatic rings. The van der Waals surface area contributed by atoms with E-state index in [1.807, 2.05) is 34.1 Å². The molecule has 51 heavy (non-hydrogen) atoms. The Morgan fingerprint density at radius 2 is 1.12 bits per heavy atom. The quantitative estimate of drug-likeness (QED) is 0.165. The lowest BCUT2D eigenvalue weighted by Crippen LogP contribution is -2.47. The predicted molar refractivity (Wildman–Crippen MR) is 185 cm³/mol. The Kier molecular flexibility index (Phi) is 8.03. The summed E-state index contributed by atoms with van der Waals surface area (Å²) in [6.07, 6.45) is 5.32. The topological polar surface area (TPSA) is 186 Å². The standard InChI is InChI=1S/C37H40N8O6/c1-18(40-36(48)49)34(46)44-28-12-24(28)14-30(44)32-38-16-26(42-32)22-8-4-20(5-9-22)21-6-10-23(11-7-21)27-17-39-33(43-27)31-15-25-13-29(25)45(31)35(47)19(2)41-37(50)51-3/h4-11,16-19,24-25,28-31,40H,12-15H2,1-3H3,(H,38,42)(H,39,43)(H,41,50)(H,48,49)/t18-,19?,24-,25-,28-,29-,30-,31-/m0/s1. The van der Waals surface area contributed by atoms with E-state index in [9.17, 15) is 19.2 Å². The van der Waals surface area contributed by atoms with Gasteiger partial charge in [0, 0.05) is 12.1 Å². The number of rotatable bonds is 9. The molecular formula is C37H40N8O6. The zero-order chi connectivity index (χ0) is 35.6. The zero-order valence-corrected chi connectivity index (χ0v) is 28.5. The maximum atomic E-state index is 13.3. The fourth-order valence-electron chi connectivity index (χ4n) is 8.02. The van der Waals surface area contributed by atoms with E-state index in [0.29, 0.717) is 17.7 Å². The van der Waals surface area contributed by atoms with Gasteiger partial charge in [-0.25, -0.2) is 19.6 Å². The van der Waals surface area contributed by atoms with Crippen LogP contribution in [0.2, 0.25) is 0 Å². The summed E-state index contributed by atoms with van der Waals surface area (Å²) in [7, 11) is 1.28. The number of imidazole rings is 2. The molecular weight excluding hydrogens is 652 g/mol. The number of carbonyl (C=O) groups is 4. The number of ether oxygens (including phenoxy) is 1. The van der Waals surface area contributed by atoms with E-state index in [1.165, 1.54) is 7.11 Å². The van der Waals surface area contributed by atoms with Crippen molar-refractivity contribution in [2.45, 2.75) is 75.8 Å². The minimum atomic E-state index is -1.22. The summed E-state index contributed by atoms with van der Waals surface area (Å²) in [4.78, 5) is 69.1. The van der Waals surface area contributed by atoms with Gasteiger partial charge in [-0.1, -0.05) is 48.5 Å². The summed E-state index contributed by atoms with van der Waals surface area (Å²) >= 11 is 0. The van der Waals surface area contributed by atoms with E-state index in [1.54, 1.807) is 26.2 Å². The highest BCUT2D eigenvalue weighted by Gasteiger charge is 2.56. The number of alkyl carbamates (subject to hydrolysis) is 1. The number of H-pyrrole nitrogens is 2. The number of hydrogen-bond donors (Lipinski definition) is 5. The second-order valence-electron chi connectivity index (χ2n) is 14.2. The molecule has 2 aliphatic carbocycles. The highest BCUT2D eigenvalue weighted by molar-refractivity contribution is 5.87. The lowest BCUT2D eigenvalue weighted by molar-refractivity contribution is -0.135. The van der Waals surface area contributed by atoms with Crippen LogP contribution in [0.3, 0.4) is 0 Å². The number of hydrogen-bond acceptors (Lipinski definition) is 7. The minimum Gasteiger partial charge on any atom is -0.465 e. The van der Waals surface area contributed by atoms with Crippen molar-refractivity contribution in [1.29, 1.82) is 0 Å². The van der Waals surface area contributed by atoms with Gasteiger partial charge in [0.2, 0.25) is 11.8 Å². The maximum Gasteiger partial charge on any atom is 0.407 e. The number of nitrogens with zero attached hydrogens (tertiary/aromatic N) is 4. The van der Waals surface area contributed by atoms with E-state index in [0.717, 1.165) is 65.1 Å². The first kappa shape index (κ1) is 32.5. The summed E-state index contributed by atoms with van der Waals surface area (Å²) in [5.74, 6) is 1.98. The molecule has 4 amide bonds. The fourth-order valence-corrected chi connectivity index (χ4v) is 8.02. The van der Waals surface area contributed by atoms with Crippen LogP contribution in [0.25, 0.3) is 33.6 Å². The van der Waals surface area contributed by atoms with Crippen LogP contribution in [0.4, 0.5) is 9.59 Å². The second-order valence-corrected chi connectivity index (χ2v) is 14.2. The Morgan fingerprint density at radius 1 is 0.706 bits per heavy atom. The number of amides is 4. The highest BCUT2D eigenvalue weighted by Crippen LogP contribution is 2.54. The maximum absolute atomic E-state index is 13.3. The van der Waals surface area contributed by atoms with Crippen molar-refractivity contribution in [3.63, 3.8) is 0 Å². The molecule has 8 atom stereocenters. The van der Waals surface area contributed by atoms with Crippen LogP contribution in [0.5, 0.6) is 0 Å². The van der Waals surface area contributed by atoms with Crippen molar-refractivity contribution in [3.05, 3.63) is 72.6 Å². The lowest BCUT2D eigenvalue weighted by atomic mass is 10.0. The van der Waals surface area contributed by atoms with Crippen molar-refractivity contribution in [3.8, 4) is 33.6 Å². The average Bonchev–Trinajstić information content (AvgIpc) is 3.73. The van der Waals surface area contributed by atoms with Gasteiger partial charge in [0.15, 0.2) is 0 Å². The Balaban J connectivity index is 0.926. The SMILES string of the molecule is COC(=O)NC(C)C(=O)N1[C@H](c2ncc(-c3ccc(-c4ccc(-c5cnc([C@@H]6C[C@@H]7C[C@@H]7N6C(=O)[C@H](C)NC(=O)O)[nH]5)cc4)cc3)[nH]2)C[C@@H]2C[C@@H]21. The average molecular weight is 693 g/mol. The Morgan fingerprint density at radius 3 is 1.53 bits per heavy atom. The summed E-state index contributed by atoms with van der Waals surface area (Å²) in [5.41, 5.74) is 5.76. The number of benzene rings is 2. The number of aromatic nitrogens is 4. The summed E-state index contributed by atoms with van der Waals surface area (Å²) < 4.78 is 4.67. The first-order valence-electron chi connectivity index (χ1n) is 17.4. The molecule has 0 bridgehead atoms. The van der Waals surface area contributed by atoms with E-state index >= 15 is 0 Å². The molecule has 2 aliphatic heterocycles. The molecule has 0 radical (unpaired) electrons. The predicted octanol–water partition coefficient (Wildman–Crippen LogP) is 4.86. The van der Waals surface area contributed by atoms with Crippen molar-refractivity contribution in [2.75, 3.05) is 7.11 Å². The van der Waals surface area contributed by atoms with E-state index in [4.69, 9.17) is 5.11 Å². The molecule has 0 spiro atoms. The number of aromatic amines is 2. The van der Waals surface area contributed by atoms with Crippen LogP contribution < -0.4 is 10.6 Å². The molecule has 2 aromatic carbocycles. The molecule has 4 aromatic rings. The van der Waals surface area contributed by atoms with Crippen LogP contribution >= 0.6 is 0 Å². The summed E-state index contributed by atoms with van der Waals surface area (Å²) in [6, 6.07) is 14.8. The van der Waals surface area contributed by atoms with Gasteiger partial charge in [-0.2, -0.15) is 0 Å². The number of carboxylic acid groups (broad SMARTS) is 1. The van der Waals surface area contributed by atoms with Crippen molar-refractivity contribution in [2.24, 2.45) is 11.8 Å². The molecule has 14 heteroatoms. The largest absolute Gasteiger partial charge is 0.465 e. The van der Waals surface area contributed by atoms with Gasteiger partial charge in [-0.05, 0) is 73.6 Å². The molecule has 2 saturated carbocycles. The number of methoxy groups -OCH3 is 1. The monoisotopic (exact) mass is 692 g/mol. The van der Waals surface area contributed by atoms with Crippen LogP contribution in [0.1, 0.15) is 63.3 Å². The first-order valence-corrected chi connectivity index (χ1v) is 17.4. The Hall–Kier alpha value is -5.66. The molecule has 2 saturated heterocycles. The van der Waals surface area contributed by atoms with E-state index in [-0.39, 0.29) is 36.0 Å². The third-order valence-corrected chi connectivity index (χ3v) is 10.9. The van der Waals surface area contributed by atoms with E-state index in [2.05, 4.69) is 59.6 Å². The smallest absolute Gasteiger partial charge is 0.407 e. The lowest BCUT2D eigenvalue weighted by Gasteiger charge is -2.29. The number of carbonyl (C=O) groups excluding carboxylic acids is 3. The van der Waals surface area contributed by atoms with Gasteiger partial charge in [0.1, 0.15) is 23.7 Å². The molecule has 264 valence electrons. The van der Waals surface area contributed by atoms with Gasteiger partial charge < -0.3 is 40.2 Å². The Labute approximate surface area is 294 Å². The summed E-state index contributed by atoms with van der Waals surface area (Å²) in [5, 5.41) is 14.0. The first-order chi connectivity index (χ1) is 24.6. The van der Waals surface area contributed by atoms with Crippen molar-refractivity contribution < 1.29 is 29.0 Å². The minimum absolute atomic E-state index is 0.137. The number of fused-ring (bicyclic) bond motifs is 2. The van der Waals surface area contributed by atoms with Gasteiger partial charge >= 0.3 is 12.2 Å². The van der Waals surface area contributed by atoms with Crippen molar-refractivity contribution in [1.82, 2.24) is 40.4 Å². The van der Waals surface area contributed by atoms with Crippen molar-refractivity contribution >= 4 is 24.0 Å². The fraction of sp³-hybridized carbons (Fsp3) is 0.405. The number of likely N-dealkylation sites (tertiary alicyclic amines) is 2. The van der Waals surface area contributed by atoms with Crippen LogP contribution in [0, 0.1) is 11.8 Å². The molecule has 5 N–H and O–H groups in total. The number of piperidine rings is 2. The van der Waals surface area contributed by atoms with Crippen LogP contribution in [0.15, 0.2) is 60.9 Å². The van der Waals surface area contributed by atoms with Gasteiger partial charge in [0.25, 0.3) is 0 Å². The van der Waals surface area contributed by atoms with Gasteiger partial charge in [-0.15, -0.1) is 0 Å². The molecule has 4 fully saturated rings. The third kappa shape index (κ3) is 6.08. The molecule has 14 nitrogen and oxygen atoms in total. The summed E-state index contributed by atoms with van der Waals surface area (Å²) in [6.45, 7) is 3.25. The van der Waals surface area contributed by atoms with E-state index < -0.39 is 24.3 Å². The zero-order valence-electron chi connectivity index (χ0n) is 28.5. The number of nitrogens with one attached hydrogen (secondary N) is 4. The normalized spacial score (nSPS) is 25.4. The molecule has 2 aromatic heterocycles. The molecule has 8 rings (SSSR count). The molecule has 1 unspecified atom stereocenters. The second kappa shape index (κ2) is 12.6. The van der Waals surface area contributed by atoms with Crippen LogP contribution in [-0.2, 0) is 14.3 Å². The van der Waals surface area contributed by atoms with Crippen LogP contribution in [-0.4, -0.2) is 90.1 Å². The van der Waals surface area contributed by atoms with Gasteiger partial charge in [-0.3, -0.25) is 9.59 Å². The highest BCUT2D eigenvalue weighted by atomic mass is 16.5. The Bertz CT molecular complexity index is 1990. The van der Waals surface area contributed by atoms with Gasteiger partial charge in [0.05, 0.1) is 43.0 Å².